The highest BCUT2D eigenvalue weighted by Crippen LogP contribution is 2.24. The van der Waals surface area contributed by atoms with Crippen molar-refractivity contribution in [3.63, 3.8) is 0 Å². The van der Waals surface area contributed by atoms with Gasteiger partial charge in [0.1, 0.15) is 5.75 Å². The van der Waals surface area contributed by atoms with Crippen LogP contribution in [0, 0.1) is 0 Å². The monoisotopic (exact) mass is 593 g/mol. The number of phenols is 1. The van der Waals surface area contributed by atoms with Crippen molar-refractivity contribution < 1.29 is 5.11 Å². The maximum Gasteiger partial charge on any atom is 0.204 e. The molecule has 1 saturated heterocycles. The maximum absolute atomic E-state index is 9.43. The van der Waals surface area contributed by atoms with Gasteiger partial charge in [0, 0.05) is 31.1 Å². The Balaban J connectivity index is 0.00000153. The van der Waals surface area contributed by atoms with E-state index >= 15 is 0 Å². The van der Waals surface area contributed by atoms with Crippen molar-refractivity contribution in [2.45, 2.75) is 31.8 Å². The van der Waals surface area contributed by atoms with Crippen LogP contribution in [0.2, 0.25) is 0 Å². The summed E-state index contributed by atoms with van der Waals surface area (Å²) in [4.78, 5) is 11.9. The number of hydrogen-bond acceptors (Lipinski definition) is 6. The zero-order valence-electron chi connectivity index (χ0n) is 18.3. The van der Waals surface area contributed by atoms with Crippen LogP contribution >= 0.6 is 45.3 Å². The second-order valence-electron chi connectivity index (χ2n) is 8.17. The molecule has 0 bridgehead atoms. The molecule has 1 aliphatic rings. The van der Waals surface area contributed by atoms with Crippen LogP contribution in [0.4, 0.5) is 5.95 Å². The summed E-state index contributed by atoms with van der Waals surface area (Å²) in [5, 5.41) is 15.3. The third-order valence-electron chi connectivity index (χ3n) is 6.03. The lowest BCUT2D eigenvalue weighted by atomic mass is 10.0. The Hall–Kier alpha value is -1.94. The standard InChI is InChI=1S/C24H27N5OS.2BrH/c30-21-7-5-18(6-8-21)9-12-28-13-10-19(11-14-28)26-24-27-22-3-1-2-4-23(22)29(24)15-20-16-31-17-25-20;;/h1-8,16-17,19,30H,9-15H2,(H,26,27);2*1H. The number of para-hydroxylation sites is 2. The van der Waals surface area contributed by atoms with Crippen molar-refractivity contribution >= 4 is 62.3 Å². The SMILES string of the molecule is Br.Br.Oc1ccc(CCN2CCC(Nc3nc4ccccc4n3Cc3cscn3)CC2)cc1. The third kappa shape index (κ3) is 6.35. The summed E-state index contributed by atoms with van der Waals surface area (Å²) in [6.07, 6.45) is 3.23. The van der Waals surface area contributed by atoms with Gasteiger partial charge in [-0.15, -0.1) is 45.3 Å². The Morgan fingerprint density at radius 1 is 1.03 bits per heavy atom. The van der Waals surface area contributed by atoms with Crippen molar-refractivity contribution in [2.75, 3.05) is 25.0 Å². The summed E-state index contributed by atoms with van der Waals surface area (Å²) in [5.74, 6) is 1.27. The highest BCUT2D eigenvalue weighted by molar-refractivity contribution is 8.93. The number of rotatable bonds is 7. The summed E-state index contributed by atoms with van der Waals surface area (Å²) in [6, 6.07) is 16.3. The quantitative estimate of drug-likeness (QED) is 0.295. The van der Waals surface area contributed by atoms with Gasteiger partial charge in [-0.05, 0) is 49.1 Å². The fraction of sp³-hybridized carbons (Fsp3) is 0.333. The van der Waals surface area contributed by atoms with E-state index in [4.69, 9.17) is 4.98 Å². The van der Waals surface area contributed by atoms with Crippen LogP contribution in [-0.4, -0.2) is 50.2 Å². The second-order valence-corrected chi connectivity index (χ2v) is 8.89. The number of thiazole rings is 1. The number of phenolic OH excluding ortho intramolecular Hbond substituents is 1. The number of anilines is 1. The fourth-order valence-corrected chi connectivity index (χ4v) is 4.81. The van der Waals surface area contributed by atoms with E-state index in [2.05, 4.69) is 43.3 Å². The number of piperidine rings is 1. The number of imidazole rings is 1. The van der Waals surface area contributed by atoms with Crippen LogP contribution in [-0.2, 0) is 13.0 Å². The zero-order valence-corrected chi connectivity index (χ0v) is 22.5. The minimum absolute atomic E-state index is 0. The number of nitrogens with zero attached hydrogens (tertiary/aromatic N) is 4. The smallest absolute Gasteiger partial charge is 0.204 e. The first kappa shape index (κ1) is 25.7. The van der Waals surface area contributed by atoms with E-state index in [1.807, 2.05) is 23.7 Å². The van der Waals surface area contributed by atoms with Crippen LogP contribution in [0.15, 0.2) is 59.4 Å². The van der Waals surface area contributed by atoms with Crippen molar-refractivity contribution in [1.29, 1.82) is 0 Å². The molecule has 0 saturated carbocycles. The summed E-state index contributed by atoms with van der Waals surface area (Å²) in [6.45, 7) is 3.96. The van der Waals surface area contributed by atoms with Gasteiger partial charge in [0.25, 0.3) is 0 Å². The summed E-state index contributed by atoms with van der Waals surface area (Å²) in [7, 11) is 0. The number of likely N-dealkylation sites (tertiary alicyclic amines) is 1. The van der Waals surface area contributed by atoms with E-state index in [9.17, 15) is 5.11 Å². The molecule has 9 heteroatoms. The topological polar surface area (TPSA) is 66.2 Å². The molecule has 1 aliphatic heterocycles. The summed E-state index contributed by atoms with van der Waals surface area (Å²) >= 11 is 1.63. The molecule has 3 heterocycles. The van der Waals surface area contributed by atoms with Gasteiger partial charge in [-0.3, -0.25) is 0 Å². The first-order valence-corrected chi connectivity index (χ1v) is 11.8. The van der Waals surface area contributed by atoms with Gasteiger partial charge in [-0.2, -0.15) is 0 Å². The predicted octanol–water partition coefficient (Wildman–Crippen LogP) is 5.52. The fourth-order valence-electron chi connectivity index (χ4n) is 4.26. The third-order valence-corrected chi connectivity index (χ3v) is 6.67. The van der Waals surface area contributed by atoms with Crippen molar-refractivity contribution in [3.8, 4) is 5.75 Å². The van der Waals surface area contributed by atoms with E-state index in [-0.39, 0.29) is 34.0 Å². The van der Waals surface area contributed by atoms with Crippen molar-refractivity contribution in [3.05, 3.63) is 70.7 Å². The van der Waals surface area contributed by atoms with Gasteiger partial charge in [0.05, 0.1) is 28.8 Å². The van der Waals surface area contributed by atoms with Gasteiger partial charge < -0.3 is 19.9 Å². The van der Waals surface area contributed by atoms with E-state index < -0.39 is 0 Å². The predicted molar refractivity (Wildman–Crippen MR) is 146 cm³/mol. The molecule has 2 aromatic carbocycles. The van der Waals surface area contributed by atoms with E-state index in [0.717, 1.165) is 68.1 Å². The molecule has 0 aliphatic carbocycles. The molecular weight excluding hydrogens is 566 g/mol. The Morgan fingerprint density at radius 2 is 1.79 bits per heavy atom. The highest BCUT2D eigenvalue weighted by atomic mass is 79.9. The molecule has 0 radical (unpaired) electrons. The molecule has 4 aromatic rings. The Bertz CT molecular complexity index is 1130. The van der Waals surface area contributed by atoms with Crippen molar-refractivity contribution in [2.24, 2.45) is 0 Å². The van der Waals surface area contributed by atoms with Crippen LogP contribution in [0.3, 0.4) is 0 Å². The van der Waals surface area contributed by atoms with Crippen LogP contribution in [0.25, 0.3) is 11.0 Å². The second kappa shape index (κ2) is 12.0. The van der Waals surface area contributed by atoms with Gasteiger partial charge in [-0.25, -0.2) is 9.97 Å². The largest absolute Gasteiger partial charge is 0.508 e. The molecule has 0 amide bonds. The number of aromatic nitrogens is 3. The lowest BCUT2D eigenvalue weighted by Crippen LogP contribution is -2.40. The molecule has 176 valence electrons. The molecule has 6 nitrogen and oxygen atoms in total. The number of fused-ring (bicyclic) bond motifs is 1. The lowest BCUT2D eigenvalue weighted by Gasteiger charge is -2.32. The zero-order chi connectivity index (χ0) is 21.0. The Morgan fingerprint density at radius 3 is 2.52 bits per heavy atom. The summed E-state index contributed by atoms with van der Waals surface area (Å²) in [5.41, 5.74) is 6.39. The number of nitrogens with one attached hydrogen (secondary N) is 1. The Kier molecular flexibility index (Phi) is 9.31. The van der Waals surface area contributed by atoms with Gasteiger partial charge >= 0.3 is 0 Å². The van der Waals surface area contributed by atoms with Crippen LogP contribution in [0.1, 0.15) is 24.1 Å². The molecule has 33 heavy (non-hydrogen) atoms. The number of hydrogen-bond donors (Lipinski definition) is 2. The Labute approximate surface area is 219 Å². The number of benzene rings is 2. The summed E-state index contributed by atoms with van der Waals surface area (Å²) < 4.78 is 2.25. The molecule has 0 spiro atoms. The molecule has 2 N–H and O–H groups in total. The molecule has 0 unspecified atom stereocenters. The molecular formula is C24H29Br2N5OS. The lowest BCUT2D eigenvalue weighted by molar-refractivity contribution is 0.221. The highest BCUT2D eigenvalue weighted by Gasteiger charge is 2.21. The van der Waals surface area contributed by atoms with E-state index in [0.29, 0.717) is 11.8 Å². The molecule has 1 fully saturated rings. The minimum atomic E-state index is 0. The van der Waals surface area contributed by atoms with Crippen LogP contribution in [0.5, 0.6) is 5.75 Å². The number of aromatic hydroxyl groups is 1. The first-order valence-electron chi connectivity index (χ1n) is 10.8. The maximum atomic E-state index is 9.43. The van der Waals surface area contributed by atoms with Gasteiger partial charge in [0.15, 0.2) is 0 Å². The number of halogens is 2. The normalized spacial score (nSPS) is 14.5. The van der Waals surface area contributed by atoms with E-state index in [1.54, 1.807) is 23.5 Å². The molecule has 2 aromatic heterocycles. The van der Waals surface area contributed by atoms with Gasteiger partial charge in [-0.1, -0.05) is 24.3 Å². The first-order chi connectivity index (χ1) is 15.2. The molecule has 5 rings (SSSR count). The minimum Gasteiger partial charge on any atom is -0.508 e. The van der Waals surface area contributed by atoms with E-state index in [1.165, 1.54) is 5.56 Å². The average molecular weight is 595 g/mol. The van der Waals surface area contributed by atoms with Gasteiger partial charge in [0.2, 0.25) is 5.95 Å². The average Bonchev–Trinajstić information content (AvgIpc) is 3.43. The van der Waals surface area contributed by atoms with Crippen molar-refractivity contribution in [1.82, 2.24) is 19.4 Å². The van der Waals surface area contributed by atoms with Crippen LogP contribution < -0.4 is 5.32 Å². The molecule has 0 atom stereocenters.